The number of pyridine rings is 1. The number of carbonyl (C=O) groups is 1. The SMILES string of the molecule is CN(CCC#N)C(=O)CSc1ccncc1. The molecule has 84 valence electrons. The maximum atomic E-state index is 11.6. The molecule has 5 heteroatoms. The van der Waals surface area contributed by atoms with Gasteiger partial charge in [-0.3, -0.25) is 9.78 Å². The predicted molar refractivity (Wildman–Crippen MR) is 62.8 cm³/mol. The van der Waals surface area contributed by atoms with E-state index in [-0.39, 0.29) is 5.91 Å². The fourth-order valence-corrected chi connectivity index (χ4v) is 1.86. The van der Waals surface area contributed by atoms with Gasteiger partial charge in [0.15, 0.2) is 0 Å². The number of carbonyl (C=O) groups excluding carboxylic acids is 1. The molecular formula is C11H13N3OS. The van der Waals surface area contributed by atoms with Gasteiger partial charge >= 0.3 is 0 Å². The quantitative estimate of drug-likeness (QED) is 0.726. The highest BCUT2D eigenvalue weighted by Crippen LogP contribution is 2.16. The van der Waals surface area contributed by atoms with Crippen LogP contribution in [-0.2, 0) is 4.79 Å². The van der Waals surface area contributed by atoms with E-state index in [9.17, 15) is 4.79 Å². The molecule has 0 bridgehead atoms. The molecule has 1 amide bonds. The second-order valence-corrected chi connectivity index (χ2v) is 4.24. The van der Waals surface area contributed by atoms with E-state index < -0.39 is 0 Å². The number of amides is 1. The van der Waals surface area contributed by atoms with Gasteiger partial charge in [0.1, 0.15) is 0 Å². The molecule has 0 atom stereocenters. The highest BCUT2D eigenvalue weighted by molar-refractivity contribution is 8.00. The van der Waals surface area contributed by atoms with Crippen LogP contribution in [0.15, 0.2) is 29.4 Å². The minimum absolute atomic E-state index is 0.0389. The summed E-state index contributed by atoms with van der Waals surface area (Å²) < 4.78 is 0. The molecule has 0 radical (unpaired) electrons. The fourth-order valence-electron chi connectivity index (χ4n) is 1.03. The molecule has 16 heavy (non-hydrogen) atoms. The largest absolute Gasteiger partial charge is 0.344 e. The first-order valence-electron chi connectivity index (χ1n) is 4.88. The molecule has 0 fully saturated rings. The van der Waals surface area contributed by atoms with Crippen molar-refractivity contribution < 1.29 is 4.79 Å². The molecule has 1 aromatic rings. The van der Waals surface area contributed by atoms with Crippen molar-refractivity contribution in [1.29, 1.82) is 5.26 Å². The molecule has 1 aromatic heterocycles. The van der Waals surface area contributed by atoms with E-state index in [0.29, 0.717) is 18.7 Å². The van der Waals surface area contributed by atoms with Crippen LogP contribution in [0.2, 0.25) is 0 Å². The van der Waals surface area contributed by atoms with Crippen molar-refractivity contribution in [3.05, 3.63) is 24.5 Å². The first kappa shape index (κ1) is 12.5. The molecular weight excluding hydrogens is 222 g/mol. The number of rotatable bonds is 5. The summed E-state index contributed by atoms with van der Waals surface area (Å²) in [5.41, 5.74) is 0. The number of hydrogen-bond acceptors (Lipinski definition) is 4. The summed E-state index contributed by atoms with van der Waals surface area (Å²) in [6, 6.07) is 5.75. The molecule has 0 saturated heterocycles. The summed E-state index contributed by atoms with van der Waals surface area (Å²) in [5.74, 6) is 0.434. The summed E-state index contributed by atoms with van der Waals surface area (Å²) >= 11 is 1.48. The van der Waals surface area contributed by atoms with Gasteiger partial charge in [-0.25, -0.2) is 0 Å². The third kappa shape index (κ3) is 4.32. The number of nitriles is 1. The second kappa shape index (κ2) is 6.85. The lowest BCUT2D eigenvalue weighted by Gasteiger charge is -2.14. The number of nitrogens with zero attached hydrogens (tertiary/aromatic N) is 3. The van der Waals surface area contributed by atoms with Gasteiger partial charge in [0.2, 0.25) is 5.91 Å². The molecule has 0 aliphatic carbocycles. The Kier molecular flexibility index (Phi) is 5.37. The summed E-state index contributed by atoms with van der Waals surface area (Å²) in [7, 11) is 1.72. The Labute approximate surface area is 99.3 Å². The minimum atomic E-state index is 0.0389. The standard InChI is InChI=1S/C11H13N3OS/c1-14(8-2-5-12)11(15)9-16-10-3-6-13-7-4-10/h3-4,6-7H,2,8-9H2,1H3. The first-order chi connectivity index (χ1) is 7.74. The topological polar surface area (TPSA) is 57.0 Å². The van der Waals surface area contributed by atoms with Crippen LogP contribution >= 0.6 is 11.8 Å². The molecule has 0 aromatic carbocycles. The Morgan fingerprint density at radius 3 is 2.88 bits per heavy atom. The monoisotopic (exact) mass is 235 g/mol. The van der Waals surface area contributed by atoms with Crippen molar-refractivity contribution >= 4 is 17.7 Å². The van der Waals surface area contributed by atoms with Gasteiger partial charge in [0.25, 0.3) is 0 Å². The molecule has 0 unspecified atom stereocenters. The van der Waals surface area contributed by atoms with Gasteiger partial charge in [0, 0.05) is 30.9 Å². The van der Waals surface area contributed by atoms with Crippen LogP contribution in [0.25, 0.3) is 0 Å². The Bertz CT molecular complexity index is 375. The van der Waals surface area contributed by atoms with Crippen molar-refractivity contribution in [2.75, 3.05) is 19.3 Å². The predicted octanol–water partition coefficient (Wildman–Crippen LogP) is 1.55. The van der Waals surface area contributed by atoms with E-state index in [4.69, 9.17) is 5.26 Å². The molecule has 1 rings (SSSR count). The van der Waals surface area contributed by atoms with Crippen LogP contribution in [0.4, 0.5) is 0 Å². The summed E-state index contributed by atoms with van der Waals surface area (Å²) in [4.78, 5) is 18.1. The Hall–Kier alpha value is -1.54. The van der Waals surface area contributed by atoms with E-state index in [1.165, 1.54) is 11.8 Å². The number of thioether (sulfide) groups is 1. The van der Waals surface area contributed by atoms with Gasteiger partial charge in [-0.2, -0.15) is 5.26 Å². The van der Waals surface area contributed by atoms with Gasteiger partial charge in [0.05, 0.1) is 18.2 Å². The van der Waals surface area contributed by atoms with Gasteiger partial charge in [-0.15, -0.1) is 11.8 Å². The van der Waals surface area contributed by atoms with Crippen LogP contribution in [0.5, 0.6) is 0 Å². The highest BCUT2D eigenvalue weighted by atomic mass is 32.2. The van der Waals surface area contributed by atoms with Crippen molar-refractivity contribution in [1.82, 2.24) is 9.88 Å². The van der Waals surface area contributed by atoms with Crippen molar-refractivity contribution in [3.8, 4) is 6.07 Å². The van der Waals surface area contributed by atoms with Crippen LogP contribution in [0.3, 0.4) is 0 Å². The van der Waals surface area contributed by atoms with E-state index >= 15 is 0 Å². The fraction of sp³-hybridized carbons (Fsp3) is 0.364. The zero-order chi connectivity index (χ0) is 11.8. The lowest BCUT2D eigenvalue weighted by molar-refractivity contribution is -0.127. The lowest BCUT2D eigenvalue weighted by atomic mass is 10.4. The Balaban J connectivity index is 2.33. The normalized spacial score (nSPS) is 9.50. The van der Waals surface area contributed by atoms with Crippen LogP contribution in [-0.4, -0.2) is 35.1 Å². The summed E-state index contributed by atoms with van der Waals surface area (Å²) in [5, 5.41) is 8.40. The van der Waals surface area contributed by atoms with Gasteiger partial charge in [-0.05, 0) is 12.1 Å². The molecule has 0 N–H and O–H groups in total. The maximum absolute atomic E-state index is 11.6. The van der Waals surface area contributed by atoms with Crippen molar-refractivity contribution in [2.24, 2.45) is 0 Å². The van der Waals surface area contributed by atoms with Crippen LogP contribution < -0.4 is 0 Å². The maximum Gasteiger partial charge on any atom is 0.232 e. The van der Waals surface area contributed by atoms with Crippen molar-refractivity contribution in [2.45, 2.75) is 11.3 Å². The van der Waals surface area contributed by atoms with Crippen LogP contribution in [0.1, 0.15) is 6.42 Å². The number of aromatic nitrogens is 1. The lowest BCUT2D eigenvalue weighted by Crippen LogP contribution is -2.29. The molecule has 0 saturated carbocycles. The second-order valence-electron chi connectivity index (χ2n) is 3.19. The minimum Gasteiger partial charge on any atom is -0.344 e. The molecule has 0 aliphatic rings. The van der Waals surface area contributed by atoms with Gasteiger partial charge in [-0.1, -0.05) is 0 Å². The van der Waals surface area contributed by atoms with E-state index in [0.717, 1.165) is 4.90 Å². The third-order valence-electron chi connectivity index (χ3n) is 2.00. The highest BCUT2D eigenvalue weighted by Gasteiger charge is 2.08. The number of hydrogen-bond donors (Lipinski definition) is 0. The molecule has 1 heterocycles. The van der Waals surface area contributed by atoms with Gasteiger partial charge < -0.3 is 4.90 Å². The summed E-state index contributed by atoms with van der Waals surface area (Å²) in [6.45, 7) is 0.492. The Morgan fingerprint density at radius 2 is 2.25 bits per heavy atom. The smallest absolute Gasteiger partial charge is 0.232 e. The average Bonchev–Trinajstić information content (AvgIpc) is 2.34. The summed E-state index contributed by atoms with van der Waals surface area (Å²) in [6.07, 6.45) is 3.78. The third-order valence-corrected chi connectivity index (χ3v) is 2.99. The van der Waals surface area contributed by atoms with E-state index in [2.05, 4.69) is 4.98 Å². The average molecular weight is 235 g/mol. The van der Waals surface area contributed by atoms with E-state index in [1.807, 2.05) is 18.2 Å². The Morgan fingerprint density at radius 1 is 1.56 bits per heavy atom. The molecule has 0 aliphatic heterocycles. The first-order valence-corrected chi connectivity index (χ1v) is 5.86. The molecule has 0 spiro atoms. The zero-order valence-electron chi connectivity index (χ0n) is 9.09. The molecule has 4 nitrogen and oxygen atoms in total. The van der Waals surface area contributed by atoms with E-state index in [1.54, 1.807) is 24.3 Å². The zero-order valence-corrected chi connectivity index (χ0v) is 9.91. The van der Waals surface area contributed by atoms with Crippen LogP contribution in [0, 0.1) is 11.3 Å². The van der Waals surface area contributed by atoms with Crippen molar-refractivity contribution in [3.63, 3.8) is 0 Å².